The van der Waals surface area contributed by atoms with Gasteiger partial charge >= 0.3 is 5.69 Å². The molecule has 0 fully saturated rings. The number of fused-ring (bicyclic) bond motifs is 3. The first-order valence-electron chi connectivity index (χ1n) is 11.8. The Morgan fingerprint density at radius 1 is 0.969 bits per heavy atom. The van der Waals surface area contributed by atoms with Gasteiger partial charge < -0.3 is 14.2 Å². The first-order valence-corrected chi connectivity index (χ1v) is 11.8. The van der Waals surface area contributed by atoms with E-state index in [4.69, 9.17) is 9.72 Å². The van der Waals surface area contributed by atoms with E-state index < -0.39 is 0 Å². The lowest BCUT2D eigenvalue weighted by molar-refractivity contribution is 0.340. The number of aryl methyl sites for hydroxylation is 1. The molecule has 3 heterocycles. The van der Waals surface area contributed by atoms with Crippen molar-refractivity contribution in [1.29, 1.82) is 0 Å². The third-order valence-electron chi connectivity index (χ3n) is 6.20. The number of rotatable bonds is 10. The molecule has 0 atom stereocenters. The van der Waals surface area contributed by atoms with Crippen LogP contribution in [0.15, 0.2) is 33.9 Å². The second-order valence-electron chi connectivity index (χ2n) is 8.38. The van der Waals surface area contributed by atoms with Crippen LogP contribution >= 0.6 is 0 Å². The number of hydrogen-bond donors (Lipinski definition) is 0. The SMILES string of the molecule is CCCCCCCCn1c(=O)c2c(nc3n2CCN3c2ccc(OCC)cc2)n(C)c1=O. The predicted molar refractivity (Wildman–Crippen MR) is 127 cm³/mol. The topological polar surface area (TPSA) is 74.3 Å². The number of ether oxygens (including phenoxy) is 1. The summed E-state index contributed by atoms with van der Waals surface area (Å²) in [5.41, 5.74) is 1.43. The Bertz CT molecular complexity index is 1190. The lowest BCUT2D eigenvalue weighted by Crippen LogP contribution is -2.39. The minimum absolute atomic E-state index is 0.232. The van der Waals surface area contributed by atoms with Gasteiger partial charge in [0.05, 0.1) is 6.61 Å². The van der Waals surface area contributed by atoms with Gasteiger partial charge in [-0.05, 0) is 37.6 Å². The second-order valence-corrected chi connectivity index (χ2v) is 8.38. The highest BCUT2D eigenvalue weighted by Gasteiger charge is 2.28. The molecule has 0 aliphatic carbocycles. The van der Waals surface area contributed by atoms with Crippen LogP contribution in [-0.2, 0) is 20.1 Å². The highest BCUT2D eigenvalue weighted by atomic mass is 16.5. The molecule has 3 aromatic rings. The number of benzene rings is 1. The quantitative estimate of drug-likeness (QED) is 0.449. The minimum atomic E-state index is -0.291. The second kappa shape index (κ2) is 9.63. The van der Waals surface area contributed by atoms with Crippen molar-refractivity contribution in [2.45, 2.75) is 65.5 Å². The number of nitrogens with zero attached hydrogens (tertiary/aromatic N) is 5. The molecule has 1 aromatic carbocycles. The zero-order chi connectivity index (χ0) is 22.7. The largest absolute Gasteiger partial charge is 0.494 e. The van der Waals surface area contributed by atoms with Gasteiger partial charge in [0.1, 0.15) is 5.75 Å². The molecule has 8 nitrogen and oxygen atoms in total. The van der Waals surface area contributed by atoms with Crippen molar-refractivity contribution in [3.05, 3.63) is 45.1 Å². The zero-order valence-electron chi connectivity index (χ0n) is 19.3. The maximum absolute atomic E-state index is 13.3. The van der Waals surface area contributed by atoms with Crippen LogP contribution in [0, 0.1) is 0 Å². The summed E-state index contributed by atoms with van der Waals surface area (Å²) >= 11 is 0. The number of aromatic nitrogens is 4. The predicted octanol–water partition coefficient (Wildman–Crippen LogP) is 3.81. The summed E-state index contributed by atoms with van der Waals surface area (Å²) in [6.07, 6.45) is 6.66. The third-order valence-corrected chi connectivity index (χ3v) is 6.20. The summed E-state index contributed by atoms with van der Waals surface area (Å²) in [6.45, 7) is 6.61. The fourth-order valence-electron chi connectivity index (χ4n) is 4.46. The van der Waals surface area contributed by atoms with Crippen LogP contribution in [0.3, 0.4) is 0 Å². The molecule has 2 aromatic heterocycles. The van der Waals surface area contributed by atoms with Crippen LogP contribution in [0.2, 0.25) is 0 Å². The molecule has 0 saturated heterocycles. The summed E-state index contributed by atoms with van der Waals surface area (Å²) in [5.74, 6) is 1.53. The average Bonchev–Trinajstić information content (AvgIpc) is 3.37. The lowest BCUT2D eigenvalue weighted by atomic mass is 10.1. The summed E-state index contributed by atoms with van der Waals surface area (Å²) in [5, 5.41) is 0. The molecular weight excluding hydrogens is 406 g/mol. The van der Waals surface area contributed by atoms with Gasteiger partial charge in [0.15, 0.2) is 11.2 Å². The summed E-state index contributed by atoms with van der Waals surface area (Å²) in [6, 6.07) is 7.87. The van der Waals surface area contributed by atoms with Crippen LogP contribution in [0.1, 0.15) is 52.4 Å². The molecule has 0 bridgehead atoms. The van der Waals surface area contributed by atoms with Gasteiger partial charge in [-0.2, -0.15) is 4.98 Å². The normalized spacial score (nSPS) is 13.2. The Hall–Kier alpha value is -3.03. The van der Waals surface area contributed by atoms with E-state index in [9.17, 15) is 9.59 Å². The van der Waals surface area contributed by atoms with E-state index >= 15 is 0 Å². The first-order chi connectivity index (χ1) is 15.6. The van der Waals surface area contributed by atoms with Crippen molar-refractivity contribution in [2.75, 3.05) is 18.1 Å². The molecule has 0 amide bonds. The van der Waals surface area contributed by atoms with E-state index in [1.54, 1.807) is 7.05 Å². The molecule has 8 heteroatoms. The van der Waals surface area contributed by atoms with Gasteiger partial charge in [-0.25, -0.2) is 4.79 Å². The van der Waals surface area contributed by atoms with Crippen LogP contribution < -0.4 is 20.9 Å². The highest BCUT2D eigenvalue weighted by molar-refractivity contribution is 5.77. The molecule has 172 valence electrons. The third kappa shape index (κ3) is 4.06. The maximum Gasteiger partial charge on any atom is 0.332 e. The van der Waals surface area contributed by atoms with Gasteiger partial charge in [0.25, 0.3) is 5.56 Å². The molecule has 0 radical (unpaired) electrons. The van der Waals surface area contributed by atoms with Crippen LogP contribution in [0.4, 0.5) is 11.6 Å². The summed E-state index contributed by atoms with van der Waals surface area (Å²) in [7, 11) is 1.70. The Morgan fingerprint density at radius 2 is 1.69 bits per heavy atom. The van der Waals surface area contributed by atoms with Crippen LogP contribution in [0.25, 0.3) is 11.2 Å². The fourth-order valence-corrected chi connectivity index (χ4v) is 4.46. The van der Waals surface area contributed by atoms with Crippen molar-refractivity contribution in [3.63, 3.8) is 0 Å². The van der Waals surface area contributed by atoms with Crippen molar-refractivity contribution in [2.24, 2.45) is 7.05 Å². The van der Waals surface area contributed by atoms with Crippen molar-refractivity contribution >= 4 is 22.8 Å². The van der Waals surface area contributed by atoms with Gasteiger partial charge in [-0.15, -0.1) is 0 Å². The number of hydrogen-bond acceptors (Lipinski definition) is 5. The van der Waals surface area contributed by atoms with E-state index in [1.165, 1.54) is 28.4 Å². The van der Waals surface area contributed by atoms with E-state index in [2.05, 4.69) is 11.8 Å². The Morgan fingerprint density at radius 3 is 2.41 bits per heavy atom. The number of unbranched alkanes of at least 4 members (excludes halogenated alkanes) is 5. The fraction of sp³-hybridized carbons (Fsp3) is 0.542. The number of anilines is 2. The van der Waals surface area contributed by atoms with E-state index in [1.807, 2.05) is 35.8 Å². The van der Waals surface area contributed by atoms with Crippen molar-refractivity contribution in [1.82, 2.24) is 18.7 Å². The molecule has 1 aliphatic heterocycles. The van der Waals surface area contributed by atoms with Crippen molar-refractivity contribution in [3.8, 4) is 5.75 Å². The molecule has 0 unspecified atom stereocenters. The average molecular weight is 440 g/mol. The Balaban J connectivity index is 1.63. The van der Waals surface area contributed by atoms with Crippen molar-refractivity contribution < 1.29 is 4.74 Å². The van der Waals surface area contributed by atoms with Gasteiger partial charge in [0, 0.05) is 32.4 Å². The van der Waals surface area contributed by atoms with Crippen LogP contribution in [0.5, 0.6) is 5.75 Å². The lowest BCUT2D eigenvalue weighted by Gasteiger charge is -2.16. The summed E-state index contributed by atoms with van der Waals surface area (Å²) < 4.78 is 10.4. The Labute approximate surface area is 188 Å². The standard InChI is InChI=1S/C24H33N5O3/c1-4-6-7-8-9-10-15-29-22(30)20-21(26(3)24(29)31)25-23-27(16-17-28(20)23)18-11-13-19(14-12-18)32-5-2/h11-14H,4-10,15-17H2,1-3H3. The Kier molecular flexibility index (Phi) is 6.67. The van der Waals surface area contributed by atoms with E-state index in [-0.39, 0.29) is 11.2 Å². The smallest absolute Gasteiger partial charge is 0.332 e. The molecule has 0 N–H and O–H groups in total. The number of imidazole rings is 1. The first kappa shape index (κ1) is 22.2. The van der Waals surface area contributed by atoms with Gasteiger partial charge in [-0.1, -0.05) is 39.0 Å². The molecule has 0 saturated carbocycles. The summed E-state index contributed by atoms with van der Waals surface area (Å²) in [4.78, 5) is 33.0. The van der Waals surface area contributed by atoms with Gasteiger partial charge in [0.2, 0.25) is 5.95 Å². The highest BCUT2D eigenvalue weighted by Crippen LogP contribution is 2.32. The molecular formula is C24H33N5O3. The zero-order valence-corrected chi connectivity index (χ0v) is 19.3. The van der Waals surface area contributed by atoms with E-state index in [0.29, 0.717) is 36.8 Å². The molecule has 0 spiro atoms. The molecule has 32 heavy (non-hydrogen) atoms. The monoisotopic (exact) mass is 439 g/mol. The molecule has 1 aliphatic rings. The molecule has 4 rings (SSSR count). The maximum atomic E-state index is 13.3. The van der Waals surface area contributed by atoms with E-state index in [0.717, 1.165) is 37.2 Å². The van der Waals surface area contributed by atoms with Crippen LogP contribution in [-0.4, -0.2) is 31.8 Å². The van der Waals surface area contributed by atoms with Gasteiger partial charge in [-0.3, -0.25) is 13.9 Å². The minimum Gasteiger partial charge on any atom is -0.494 e.